The van der Waals surface area contributed by atoms with E-state index in [9.17, 15) is 0 Å². The van der Waals surface area contributed by atoms with Crippen molar-refractivity contribution in [3.8, 4) is 0 Å². The zero-order chi connectivity index (χ0) is 13.7. The number of rotatable bonds is 7. The Hall–Kier alpha value is -0.950. The molecule has 104 valence electrons. The number of hydrogen-bond donors (Lipinski definition) is 1. The molecule has 0 aliphatic heterocycles. The van der Waals surface area contributed by atoms with E-state index in [1.807, 2.05) is 10.6 Å². The van der Waals surface area contributed by atoms with Crippen LogP contribution in [0.3, 0.4) is 0 Å². The van der Waals surface area contributed by atoms with Gasteiger partial charge >= 0.3 is 0 Å². The highest BCUT2D eigenvalue weighted by Gasteiger charge is 2.05. The molecule has 5 nitrogen and oxygen atoms in total. The quantitative estimate of drug-likeness (QED) is 0.631. The molecule has 0 saturated heterocycles. The summed E-state index contributed by atoms with van der Waals surface area (Å²) in [4.78, 5) is 7.40. The third-order valence-electron chi connectivity index (χ3n) is 2.68. The van der Waals surface area contributed by atoms with E-state index in [0.29, 0.717) is 29.6 Å². The van der Waals surface area contributed by atoms with Crippen LogP contribution in [0, 0.1) is 4.77 Å². The third-order valence-corrected chi connectivity index (χ3v) is 3.21. The summed E-state index contributed by atoms with van der Waals surface area (Å²) in [6, 6.07) is 1.82. The maximum Gasteiger partial charge on any atom is 0.179 e. The number of nitrogens with one attached hydrogen (secondary N) is 1. The molecule has 2 aromatic heterocycles. The van der Waals surface area contributed by atoms with E-state index in [2.05, 4.69) is 9.97 Å². The van der Waals surface area contributed by atoms with Gasteiger partial charge in [-0.05, 0) is 24.7 Å². The minimum absolute atomic E-state index is 0.596. The summed E-state index contributed by atoms with van der Waals surface area (Å²) in [5, 5.41) is 0.596. The van der Waals surface area contributed by atoms with Gasteiger partial charge in [0.25, 0.3) is 0 Å². The van der Waals surface area contributed by atoms with Crippen molar-refractivity contribution in [2.24, 2.45) is 0 Å². The SMILES string of the molecule is COCCOCCCn1c(=S)[nH]c2cc(Cl)cnc21. The number of nitrogens with zero attached hydrogens (tertiary/aromatic N) is 2. The molecule has 0 bridgehead atoms. The third kappa shape index (κ3) is 3.76. The predicted octanol–water partition coefficient (Wildman–Crippen LogP) is 2.80. The predicted molar refractivity (Wildman–Crippen MR) is 77.2 cm³/mol. The van der Waals surface area contributed by atoms with E-state index < -0.39 is 0 Å². The summed E-state index contributed by atoms with van der Waals surface area (Å²) in [6.45, 7) is 2.67. The Kier molecular flexibility index (Phi) is 5.33. The van der Waals surface area contributed by atoms with Crippen molar-refractivity contribution in [3.05, 3.63) is 22.1 Å². The van der Waals surface area contributed by atoms with Crippen LogP contribution in [0.5, 0.6) is 0 Å². The Bertz CT molecular complexity index is 596. The van der Waals surface area contributed by atoms with Crippen molar-refractivity contribution >= 4 is 35.0 Å². The lowest BCUT2D eigenvalue weighted by Crippen LogP contribution is -2.06. The fourth-order valence-corrected chi connectivity index (χ4v) is 2.24. The molecule has 0 atom stereocenters. The van der Waals surface area contributed by atoms with Crippen LogP contribution in [0.1, 0.15) is 6.42 Å². The first-order valence-electron chi connectivity index (χ1n) is 6.03. The van der Waals surface area contributed by atoms with Crippen LogP contribution in [0.25, 0.3) is 11.2 Å². The second kappa shape index (κ2) is 7.00. The van der Waals surface area contributed by atoms with Crippen molar-refractivity contribution in [3.63, 3.8) is 0 Å². The Labute approximate surface area is 121 Å². The van der Waals surface area contributed by atoms with Gasteiger partial charge in [-0.15, -0.1) is 0 Å². The zero-order valence-electron chi connectivity index (χ0n) is 10.7. The summed E-state index contributed by atoms with van der Waals surface area (Å²) in [5.41, 5.74) is 1.68. The average Bonchev–Trinajstić information content (AvgIpc) is 2.69. The number of pyridine rings is 1. The number of aryl methyl sites for hydroxylation is 1. The zero-order valence-corrected chi connectivity index (χ0v) is 12.3. The van der Waals surface area contributed by atoms with E-state index in [1.165, 1.54) is 0 Å². The van der Waals surface area contributed by atoms with Crippen LogP contribution in [0.4, 0.5) is 0 Å². The lowest BCUT2D eigenvalue weighted by atomic mass is 10.4. The molecule has 0 aromatic carbocycles. The number of hydrogen-bond acceptors (Lipinski definition) is 4. The van der Waals surface area contributed by atoms with Gasteiger partial charge in [-0.25, -0.2) is 4.98 Å². The molecule has 7 heteroatoms. The summed E-state index contributed by atoms with van der Waals surface area (Å²) in [7, 11) is 1.66. The largest absolute Gasteiger partial charge is 0.382 e. The average molecular weight is 302 g/mol. The van der Waals surface area contributed by atoms with Gasteiger partial charge < -0.3 is 19.0 Å². The van der Waals surface area contributed by atoms with Gasteiger partial charge in [0.05, 0.1) is 23.8 Å². The lowest BCUT2D eigenvalue weighted by Gasteiger charge is -2.05. The number of fused-ring (bicyclic) bond motifs is 1. The van der Waals surface area contributed by atoms with Gasteiger partial charge in [0.1, 0.15) is 0 Å². The number of imidazole rings is 1. The van der Waals surface area contributed by atoms with Crippen LogP contribution in [-0.4, -0.2) is 41.5 Å². The van der Waals surface area contributed by atoms with Gasteiger partial charge in [0, 0.05) is 26.5 Å². The fourth-order valence-electron chi connectivity index (χ4n) is 1.79. The molecule has 0 unspecified atom stereocenters. The second-order valence-electron chi connectivity index (χ2n) is 4.07. The van der Waals surface area contributed by atoms with Crippen molar-refractivity contribution in [1.29, 1.82) is 0 Å². The number of ether oxygens (including phenoxy) is 2. The number of H-pyrrole nitrogens is 1. The highest BCUT2D eigenvalue weighted by Crippen LogP contribution is 2.16. The van der Waals surface area contributed by atoms with E-state index in [0.717, 1.165) is 24.1 Å². The van der Waals surface area contributed by atoms with Crippen LogP contribution in [0.2, 0.25) is 5.02 Å². The van der Waals surface area contributed by atoms with Crippen LogP contribution in [0.15, 0.2) is 12.3 Å². The summed E-state index contributed by atoms with van der Waals surface area (Å²) in [5.74, 6) is 0. The molecule has 2 aromatic rings. The molecule has 0 saturated carbocycles. The van der Waals surface area contributed by atoms with Gasteiger partial charge in [-0.1, -0.05) is 11.6 Å². The standard InChI is InChI=1S/C12H16ClN3O2S/c1-17-5-6-18-4-2-3-16-11-10(15-12(16)19)7-9(13)8-14-11/h7-8H,2-6H2,1H3,(H,15,19). The van der Waals surface area contributed by atoms with Crippen molar-refractivity contribution < 1.29 is 9.47 Å². The first-order valence-corrected chi connectivity index (χ1v) is 6.81. The number of halogens is 1. The molecular weight excluding hydrogens is 286 g/mol. The molecule has 0 aliphatic rings. The number of aromatic amines is 1. The van der Waals surface area contributed by atoms with Crippen LogP contribution in [-0.2, 0) is 16.0 Å². The van der Waals surface area contributed by atoms with E-state index >= 15 is 0 Å². The second-order valence-corrected chi connectivity index (χ2v) is 4.89. The molecule has 0 radical (unpaired) electrons. The van der Waals surface area contributed by atoms with Gasteiger partial charge in [-0.2, -0.15) is 0 Å². The molecule has 0 amide bonds. The first kappa shape index (κ1) is 14.5. The van der Waals surface area contributed by atoms with E-state index in [1.54, 1.807) is 13.3 Å². The Morgan fingerprint density at radius 1 is 1.42 bits per heavy atom. The topological polar surface area (TPSA) is 52.1 Å². The monoisotopic (exact) mass is 301 g/mol. The molecule has 0 fully saturated rings. The van der Waals surface area contributed by atoms with Crippen molar-refractivity contribution in [2.45, 2.75) is 13.0 Å². The van der Waals surface area contributed by atoms with Crippen molar-refractivity contribution in [2.75, 3.05) is 26.9 Å². The Morgan fingerprint density at radius 2 is 2.26 bits per heavy atom. The molecule has 2 heterocycles. The first-order chi connectivity index (χ1) is 9.22. The number of aromatic nitrogens is 3. The molecule has 19 heavy (non-hydrogen) atoms. The summed E-state index contributed by atoms with van der Waals surface area (Å²) >= 11 is 11.2. The highest BCUT2D eigenvalue weighted by molar-refractivity contribution is 7.71. The molecular formula is C12H16ClN3O2S. The summed E-state index contributed by atoms with van der Waals surface area (Å²) in [6.07, 6.45) is 2.49. The van der Waals surface area contributed by atoms with Gasteiger partial charge in [0.15, 0.2) is 10.4 Å². The van der Waals surface area contributed by atoms with Crippen LogP contribution < -0.4 is 0 Å². The Balaban J connectivity index is 1.97. The molecule has 2 rings (SSSR count). The van der Waals surface area contributed by atoms with Crippen LogP contribution >= 0.6 is 23.8 Å². The highest BCUT2D eigenvalue weighted by atomic mass is 35.5. The van der Waals surface area contributed by atoms with Gasteiger partial charge in [0.2, 0.25) is 0 Å². The summed E-state index contributed by atoms with van der Waals surface area (Å²) < 4.78 is 12.9. The Morgan fingerprint density at radius 3 is 3.05 bits per heavy atom. The lowest BCUT2D eigenvalue weighted by molar-refractivity contribution is 0.0681. The smallest absolute Gasteiger partial charge is 0.179 e. The van der Waals surface area contributed by atoms with E-state index in [4.69, 9.17) is 33.3 Å². The number of methoxy groups -OCH3 is 1. The maximum atomic E-state index is 5.90. The minimum Gasteiger partial charge on any atom is -0.382 e. The van der Waals surface area contributed by atoms with Gasteiger partial charge in [-0.3, -0.25) is 0 Å². The maximum absolute atomic E-state index is 5.90. The minimum atomic E-state index is 0.596. The van der Waals surface area contributed by atoms with E-state index in [-0.39, 0.29) is 0 Å². The molecule has 0 spiro atoms. The normalized spacial score (nSPS) is 11.3. The van der Waals surface area contributed by atoms with Crippen molar-refractivity contribution in [1.82, 2.24) is 14.5 Å². The molecule has 0 aliphatic carbocycles. The molecule has 1 N–H and O–H groups in total. The fraction of sp³-hybridized carbons (Fsp3) is 0.500.